The molecule has 1 heterocycles. The molecule has 1 unspecified atom stereocenters. The van der Waals surface area contributed by atoms with Gasteiger partial charge in [-0.25, -0.2) is 4.98 Å². The minimum Gasteiger partial charge on any atom is -0.354 e. The average Bonchev–Trinajstić information content (AvgIpc) is 2.92. The third-order valence-electron chi connectivity index (χ3n) is 3.10. The zero-order valence-corrected chi connectivity index (χ0v) is 16.7. The molecule has 9 heteroatoms. The maximum absolute atomic E-state index is 12.5. The van der Waals surface area contributed by atoms with E-state index in [1.54, 1.807) is 7.05 Å². The molecular formula is C14H24F3IN4S. The molecule has 0 amide bonds. The summed E-state index contributed by atoms with van der Waals surface area (Å²) >= 11 is 0.988. The standard InChI is InChI=1S/C14H23F3N4S.HI/c1-4-5-6-7-10(2)20-13(18-3)19-8-12-21-11(9-22-12)14(15,16)17;/h9-10H,4-8H2,1-3H3,(H2,18,19,20);1H. The third-order valence-corrected chi connectivity index (χ3v) is 3.95. The summed E-state index contributed by atoms with van der Waals surface area (Å²) in [5, 5.41) is 7.63. The molecule has 23 heavy (non-hydrogen) atoms. The fourth-order valence-corrected chi connectivity index (χ4v) is 2.62. The van der Waals surface area contributed by atoms with Gasteiger partial charge in [-0.3, -0.25) is 4.99 Å². The highest BCUT2D eigenvalue weighted by molar-refractivity contribution is 14.0. The smallest absolute Gasteiger partial charge is 0.354 e. The molecule has 0 aliphatic heterocycles. The van der Waals surface area contributed by atoms with Crippen molar-refractivity contribution in [3.63, 3.8) is 0 Å². The van der Waals surface area contributed by atoms with E-state index >= 15 is 0 Å². The molecule has 1 atom stereocenters. The van der Waals surface area contributed by atoms with Crippen LogP contribution >= 0.6 is 35.3 Å². The molecule has 0 saturated carbocycles. The predicted molar refractivity (Wildman–Crippen MR) is 99.5 cm³/mol. The van der Waals surface area contributed by atoms with Gasteiger partial charge in [0.15, 0.2) is 11.7 Å². The van der Waals surface area contributed by atoms with Crippen LogP contribution in [0.5, 0.6) is 0 Å². The third kappa shape index (κ3) is 8.73. The van der Waals surface area contributed by atoms with Crippen LogP contribution in [0.25, 0.3) is 0 Å². The number of alkyl halides is 3. The van der Waals surface area contributed by atoms with Gasteiger partial charge in [0.05, 0.1) is 6.54 Å². The van der Waals surface area contributed by atoms with Gasteiger partial charge >= 0.3 is 6.18 Å². The minimum atomic E-state index is -4.39. The lowest BCUT2D eigenvalue weighted by Gasteiger charge is -2.17. The van der Waals surface area contributed by atoms with E-state index in [9.17, 15) is 13.2 Å². The number of unbranched alkanes of at least 4 members (excludes halogenated alkanes) is 2. The van der Waals surface area contributed by atoms with E-state index in [2.05, 4.69) is 34.5 Å². The van der Waals surface area contributed by atoms with Crippen LogP contribution in [0, 0.1) is 0 Å². The molecule has 0 spiro atoms. The maximum Gasteiger partial charge on any atom is 0.434 e. The van der Waals surface area contributed by atoms with Crippen LogP contribution in [0.4, 0.5) is 13.2 Å². The van der Waals surface area contributed by atoms with Crippen molar-refractivity contribution in [1.29, 1.82) is 0 Å². The maximum atomic E-state index is 12.5. The zero-order chi connectivity index (χ0) is 16.6. The van der Waals surface area contributed by atoms with E-state index in [4.69, 9.17) is 0 Å². The Balaban J connectivity index is 0.00000484. The Bertz CT molecular complexity index is 477. The van der Waals surface area contributed by atoms with E-state index in [-0.39, 0.29) is 36.6 Å². The van der Waals surface area contributed by atoms with E-state index in [0.717, 1.165) is 29.6 Å². The second-order valence-corrected chi connectivity index (χ2v) is 6.03. The summed E-state index contributed by atoms with van der Waals surface area (Å²) in [6.07, 6.45) is 0.151. The fourth-order valence-electron chi connectivity index (χ4n) is 1.88. The molecule has 0 aliphatic rings. The lowest BCUT2D eigenvalue weighted by molar-refractivity contribution is -0.140. The molecule has 0 bridgehead atoms. The molecule has 0 radical (unpaired) electrons. The zero-order valence-electron chi connectivity index (χ0n) is 13.5. The Morgan fingerprint density at radius 3 is 2.61 bits per heavy atom. The van der Waals surface area contributed by atoms with Crippen molar-refractivity contribution in [2.24, 2.45) is 4.99 Å². The first-order chi connectivity index (χ1) is 10.4. The Labute approximate surface area is 156 Å². The molecule has 1 rings (SSSR count). The van der Waals surface area contributed by atoms with Crippen LogP contribution in [-0.4, -0.2) is 24.0 Å². The topological polar surface area (TPSA) is 49.3 Å². The SMILES string of the molecule is CCCCCC(C)NC(=NC)NCc1nc(C(F)(F)F)cs1.I. The van der Waals surface area contributed by atoms with Gasteiger partial charge in [-0.15, -0.1) is 35.3 Å². The molecule has 0 aliphatic carbocycles. The normalized spacial score (nSPS) is 13.4. The van der Waals surface area contributed by atoms with Crippen molar-refractivity contribution in [3.05, 3.63) is 16.1 Å². The van der Waals surface area contributed by atoms with Crippen molar-refractivity contribution in [3.8, 4) is 0 Å². The van der Waals surface area contributed by atoms with Crippen molar-refractivity contribution in [1.82, 2.24) is 15.6 Å². The van der Waals surface area contributed by atoms with Gasteiger partial charge in [-0.05, 0) is 13.3 Å². The quantitative estimate of drug-likeness (QED) is 0.272. The Kier molecular flexibility index (Phi) is 10.8. The number of hydrogen-bond donors (Lipinski definition) is 2. The van der Waals surface area contributed by atoms with Gasteiger partial charge in [0.25, 0.3) is 0 Å². The van der Waals surface area contributed by atoms with Gasteiger partial charge in [0.1, 0.15) is 5.01 Å². The van der Waals surface area contributed by atoms with E-state index in [0.29, 0.717) is 11.0 Å². The summed E-state index contributed by atoms with van der Waals surface area (Å²) in [6, 6.07) is 0.264. The average molecular weight is 464 g/mol. The number of aliphatic imine (C=N–C) groups is 1. The van der Waals surface area contributed by atoms with E-state index in [1.165, 1.54) is 12.8 Å². The van der Waals surface area contributed by atoms with Crippen molar-refractivity contribution in [2.75, 3.05) is 7.05 Å². The highest BCUT2D eigenvalue weighted by atomic mass is 127. The Morgan fingerprint density at radius 1 is 1.39 bits per heavy atom. The molecule has 0 aromatic carbocycles. The van der Waals surface area contributed by atoms with Crippen molar-refractivity contribution in [2.45, 2.75) is 58.3 Å². The number of aromatic nitrogens is 1. The summed E-state index contributed by atoms with van der Waals surface area (Å²) in [5.74, 6) is 0.577. The van der Waals surface area contributed by atoms with Gasteiger partial charge in [-0.2, -0.15) is 13.2 Å². The van der Waals surface area contributed by atoms with Crippen molar-refractivity contribution < 1.29 is 13.2 Å². The molecule has 134 valence electrons. The van der Waals surface area contributed by atoms with E-state index < -0.39 is 11.9 Å². The van der Waals surface area contributed by atoms with Crippen molar-refractivity contribution >= 4 is 41.3 Å². The largest absolute Gasteiger partial charge is 0.434 e. The second-order valence-electron chi connectivity index (χ2n) is 5.09. The number of hydrogen-bond acceptors (Lipinski definition) is 3. The molecule has 0 fully saturated rings. The number of halogens is 4. The van der Waals surface area contributed by atoms with Gasteiger partial charge in [-0.1, -0.05) is 26.2 Å². The molecule has 0 saturated heterocycles. The molecular weight excluding hydrogens is 440 g/mol. The van der Waals surface area contributed by atoms with Crippen LogP contribution in [-0.2, 0) is 12.7 Å². The summed E-state index contributed by atoms with van der Waals surface area (Å²) < 4.78 is 37.4. The summed E-state index contributed by atoms with van der Waals surface area (Å²) in [4.78, 5) is 7.65. The monoisotopic (exact) mass is 464 g/mol. The number of guanidine groups is 1. The lowest BCUT2D eigenvalue weighted by atomic mass is 10.1. The van der Waals surface area contributed by atoms with Gasteiger partial charge in [0.2, 0.25) is 0 Å². The highest BCUT2D eigenvalue weighted by Gasteiger charge is 2.33. The first kappa shape index (κ1) is 22.4. The Morgan fingerprint density at radius 2 is 2.09 bits per heavy atom. The molecule has 2 N–H and O–H groups in total. The summed E-state index contributed by atoms with van der Waals surface area (Å²) in [7, 11) is 1.64. The lowest BCUT2D eigenvalue weighted by Crippen LogP contribution is -2.41. The van der Waals surface area contributed by atoms with Gasteiger partial charge < -0.3 is 10.6 Å². The molecule has 4 nitrogen and oxygen atoms in total. The molecule has 1 aromatic rings. The number of nitrogens with zero attached hydrogens (tertiary/aromatic N) is 2. The second kappa shape index (κ2) is 11.1. The minimum absolute atomic E-state index is 0. The van der Waals surface area contributed by atoms with Crippen LogP contribution in [0.2, 0.25) is 0 Å². The number of nitrogens with one attached hydrogen (secondary N) is 2. The molecule has 1 aromatic heterocycles. The van der Waals surface area contributed by atoms with Crippen LogP contribution < -0.4 is 10.6 Å². The van der Waals surface area contributed by atoms with Crippen LogP contribution in [0.3, 0.4) is 0 Å². The Hall–Kier alpha value is -0.580. The number of thiazole rings is 1. The van der Waals surface area contributed by atoms with Crippen LogP contribution in [0.15, 0.2) is 10.4 Å². The van der Waals surface area contributed by atoms with E-state index in [1.807, 2.05) is 0 Å². The van der Waals surface area contributed by atoms with Gasteiger partial charge in [0, 0.05) is 18.5 Å². The first-order valence-corrected chi connectivity index (χ1v) is 8.23. The predicted octanol–water partition coefficient (Wildman–Crippen LogP) is 4.41. The fraction of sp³-hybridized carbons (Fsp3) is 0.714. The first-order valence-electron chi connectivity index (χ1n) is 7.35. The summed E-state index contributed by atoms with van der Waals surface area (Å²) in [5.41, 5.74) is -0.842. The van der Waals surface area contributed by atoms with Crippen LogP contribution in [0.1, 0.15) is 50.2 Å². The summed E-state index contributed by atoms with van der Waals surface area (Å²) in [6.45, 7) is 4.44. The number of rotatable bonds is 7. The highest BCUT2D eigenvalue weighted by Crippen LogP contribution is 2.29.